The molecule has 0 fully saturated rings. The molecule has 0 radical (unpaired) electrons. The van der Waals surface area contributed by atoms with Crippen molar-refractivity contribution in [2.45, 2.75) is 64.1 Å². The third-order valence-electron chi connectivity index (χ3n) is 7.62. The number of methoxy groups -OCH3 is 3. The van der Waals surface area contributed by atoms with Crippen molar-refractivity contribution in [1.82, 2.24) is 10.2 Å². The van der Waals surface area contributed by atoms with E-state index in [-0.39, 0.29) is 45.6 Å². The van der Waals surface area contributed by atoms with Gasteiger partial charge in [-0.05, 0) is 68.1 Å². The van der Waals surface area contributed by atoms with Crippen LogP contribution in [0.1, 0.15) is 44.7 Å². The van der Waals surface area contributed by atoms with E-state index in [4.69, 9.17) is 25.8 Å². The molecule has 3 aromatic rings. The van der Waals surface area contributed by atoms with Gasteiger partial charge >= 0.3 is 0 Å². The number of benzene rings is 3. The molecule has 0 bridgehead atoms. The Balaban J connectivity index is 2.19. The van der Waals surface area contributed by atoms with Gasteiger partial charge in [0.15, 0.2) is 11.5 Å². The predicted octanol–water partition coefficient (Wildman–Crippen LogP) is 5.59. The van der Waals surface area contributed by atoms with Crippen LogP contribution in [0.25, 0.3) is 0 Å². The molecule has 0 aliphatic carbocycles. The van der Waals surface area contributed by atoms with E-state index in [0.717, 1.165) is 15.4 Å². The van der Waals surface area contributed by atoms with Crippen LogP contribution in [0.4, 0.5) is 5.69 Å². The molecule has 12 heteroatoms. The van der Waals surface area contributed by atoms with Crippen LogP contribution >= 0.6 is 11.6 Å². The summed E-state index contributed by atoms with van der Waals surface area (Å²) in [7, 11) is -0.200. The van der Waals surface area contributed by atoms with Gasteiger partial charge in [-0.25, -0.2) is 8.42 Å². The summed E-state index contributed by atoms with van der Waals surface area (Å²) < 4.78 is 45.9. The van der Waals surface area contributed by atoms with Crippen LogP contribution in [0.5, 0.6) is 17.2 Å². The lowest BCUT2D eigenvalue weighted by Crippen LogP contribution is -2.53. The fourth-order valence-electron chi connectivity index (χ4n) is 4.81. The Labute approximate surface area is 271 Å². The van der Waals surface area contributed by atoms with Crippen molar-refractivity contribution < 1.29 is 32.2 Å². The molecule has 1 N–H and O–H groups in total. The van der Waals surface area contributed by atoms with Crippen molar-refractivity contribution in [3.8, 4) is 17.2 Å². The normalized spacial score (nSPS) is 12.5. The van der Waals surface area contributed by atoms with Crippen LogP contribution in [0.2, 0.25) is 5.02 Å². The minimum atomic E-state index is -4.44. The molecule has 2 unspecified atom stereocenters. The van der Waals surface area contributed by atoms with Crippen molar-refractivity contribution in [2.75, 3.05) is 32.2 Å². The molecule has 2 amide bonds. The standard InChI is InChI=1S/C33H42ClN3O7S/c1-8-23(4)35-33(39)27(9-2)36(20-24-13-11-10-12-22(24)3)32(38)21-37(28-18-25(34)14-16-29(28)42-5)45(40,41)26-15-17-30(43-6)31(19-26)44-7/h10-19,23,27H,8-9,20-21H2,1-7H3,(H,35,39). The molecule has 0 saturated heterocycles. The van der Waals surface area contributed by atoms with Gasteiger partial charge in [0.1, 0.15) is 18.3 Å². The average Bonchev–Trinajstić information content (AvgIpc) is 3.03. The van der Waals surface area contributed by atoms with Crippen molar-refractivity contribution in [1.29, 1.82) is 0 Å². The number of carbonyl (C=O) groups excluding carboxylic acids is 2. The number of nitrogens with zero attached hydrogens (tertiary/aromatic N) is 2. The van der Waals surface area contributed by atoms with E-state index in [2.05, 4.69) is 5.32 Å². The molecular formula is C33H42ClN3O7S. The Morgan fingerprint density at radius 2 is 1.53 bits per heavy atom. The minimum Gasteiger partial charge on any atom is -0.495 e. The van der Waals surface area contributed by atoms with Crippen molar-refractivity contribution in [3.63, 3.8) is 0 Å². The number of rotatable bonds is 15. The number of hydrogen-bond acceptors (Lipinski definition) is 7. The van der Waals surface area contributed by atoms with Gasteiger partial charge in [0.2, 0.25) is 11.8 Å². The van der Waals surface area contributed by atoms with E-state index in [1.54, 1.807) is 6.07 Å². The maximum absolute atomic E-state index is 14.4. The SMILES string of the molecule is CCC(C)NC(=O)C(CC)N(Cc1ccccc1C)C(=O)CN(c1cc(Cl)ccc1OC)S(=O)(=O)c1ccc(OC)c(OC)c1. The largest absolute Gasteiger partial charge is 0.495 e. The predicted molar refractivity (Wildman–Crippen MR) is 176 cm³/mol. The lowest BCUT2D eigenvalue weighted by Gasteiger charge is -2.34. The number of sulfonamides is 1. The first kappa shape index (κ1) is 35.5. The third kappa shape index (κ3) is 8.40. The van der Waals surface area contributed by atoms with Gasteiger partial charge in [-0.15, -0.1) is 0 Å². The van der Waals surface area contributed by atoms with Crippen LogP contribution in [-0.4, -0.2) is 65.1 Å². The number of hydrogen-bond donors (Lipinski definition) is 1. The molecule has 3 aromatic carbocycles. The second-order valence-electron chi connectivity index (χ2n) is 10.5. The fraction of sp³-hybridized carbons (Fsp3) is 0.394. The molecule has 0 aliphatic heterocycles. The summed E-state index contributed by atoms with van der Waals surface area (Å²) >= 11 is 6.34. The summed E-state index contributed by atoms with van der Waals surface area (Å²) in [4.78, 5) is 29.2. The summed E-state index contributed by atoms with van der Waals surface area (Å²) in [6, 6.07) is 15.2. The first-order valence-corrected chi connectivity index (χ1v) is 16.5. The molecule has 0 aromatic heterocycles. The molecule has 0 heterocycles. The van der Waals surface area contributed by atoms with Gasteiger partial charge in [-0.1, -0.05) is 49.7 Å². The van der Waals surface area contributed by atoms with E-state index < -0.39 is 28.5 Å². The van der Waals surface area contributed by atoms with Crippen molar-refractivity contribution in [2.24, 2.45) is 0 Å². The van der Waals surface area contributed by atoms with E-state index in [1.165, 1.54) is 56.6 Å². The second-order valence-corrected chi connectivity index (χ2v) is 12.8. The highest BCUT2D eigenvalue weighted by atomic mass is 35.5. The molecule has 0 saturated carbocycles. The average molecular weight is 660 g/mol. The van der Waals surface area contributed by atoms with E-state index in [1.807, 2.05) is 52.0 Å². The van der Waals surface area contributed by atoms with Gasteiger partial charge in [-0.2, -0.15) is 0 Å². The zero-order valence-corrected chi connectivity index (χ0v) is 28.4. The van der Waals surface area contributed by atoms with Crippen LogP contribution in [0.3, 0.4) is 0 Å². The quantitative estimate of drug-likeness (QED) is 0.226. The molecule has 10 nitrogen and oxygen atoms in total. The minimum absolute atomic E-state index is 0.0566. The molecule has 2 atom stereocenters. The van der Waals surface area contributed by atoms with Gasteiger partial charge < -0.3 is 24.4 Å². The monoisotopic (exact) mass is 659 g/mol. The number of nitrogens with one attached hydrogen (secondary N) is 1. The Kier molecular flexibility index (Phi) is 12.5. The molecule has 45 heavy (non-hydrogen) atoms. The van der Waals surface area contributed by atoms with Gasteiger partial charge in [0.05, 0.1) is 31.9 Å². The summed E-state index contributed by atoms with van der Waals surface area (Å²) in [6.07, 6.45) is 1.02. The number of ether oxygens (including phenoxy) is 3. The Bertz CT molecular complexity index is 1600. The van der Waals surface area contributed by atoms with Crippen LogP contribution in [-0.2, 0) is 26.2 Å². The van der Waals surface area contributed by atoms with E-state index in [9.17, 15) is 18.0 Å². The number of halogens is 1. The van der Waals surface area contributed by atoms with Gasteiger partial charge in [0, 0.05) is 23.7 Å². The number of carbonyl (C=O) groups is 2. The molecule has 0 spiro atoms. The summed E-state index contributed by atoms with van der Waals surface area (Å²) in [6.45, 7) is 7.03. The third-order valence-corrected chi connectivity index (χ3v) is 9.61. The Morgan fingerprint density at radius 3 is 2.13 bits per heavy atom. The first-order chi connectivity index (χ1) is 21.4. The lowest BCUT2D eigenvalue weighted by molar-refractivity contribution is -0.140. The highest BCUT2D eigenvalue weighted by Crippen LogP contribution is 2.37. The number of amides is 2. The first-order valence-electron chi connectivity index (χ1n) is 14.6. The molecule has 0 aliphatic rings. The highest BCUT2D eigenvalue weighted by Gasteiger charge is 2.35. The van der Waals surface area contributed by atoms with Gasteiger partial charge in [0.25, 0.3) is 10.0 Å². The number of anilines is 1. The van der Waals surface area contributed by atoms with Crippen LogP contribution < -0.4 is 23.8 Å². The summed E-state index contributed by atoms with van der Waals surface area (Å²) in [5, 5.41) is 3.22. The highest BCUT2D eigenvalue weighted by molar-refractivity contribution is 7.92. The van der Waals surface area contributed by atoms with Crippen LogP contribution in [0.15, 0.2) is 65.6 Å². The molecule has 3 rings (SSSR count). The molecular weight excluding hydrogens is 618 g/mol. The zero-order valence-electron chi connectivity index (χ0n) is 26.8. The topological polar surface area (TPSA) is 114 Å². The Hall–Kier alpha value is -3.96. The summed E-state index contributed by atoms with van der Waals surface area (Å²) in [5.74, 6) is -0.194. The van der Waals surface area contributed by atoms with Gasteiger partial charge in [-0.3, -0.25) is 13.9 Å². The Morgan fingerprint density at radius 1 is 0.889 bits per heavy atom. The fourth-order valence-corrected chi connectivity index (χ4v) is 6.41. The van der Waals surface area contributed by atoms with Crippen molar-refractivity contribution >= 4 is 39.1 Å². The molecule has 244 valence electrons. The maximum Gasteiger partial charge on any atom is 0.265 e. The van der Waals surface area contributed by atoms with Crippen LogP contribution in [0, 0.1) is 6.92 Å². The van der Waals surface area contributed by atoms with Crippen molar-refractivity contribution in [3.05, 3.63) is 76.8 Å². The zero-order chi connectivity index (χ0) is 33.3. The second kappa shape index (κ2) is 15.9. The summed E-state index contributed by atoms with van der Waals surface area (Å²) in [5.41, 5.74) is 1.81. The lowest BCUT2D eigenvalue weighted by atomic mass is 10.1. The maximum atomic E-state index is 14.4. The smallest absolute Gasteiger partial charge is 0.265 e. The van der Waals surface area contributed by atoms with E-state index in [0.29, 0.717) is 18.6 Å². The van der Waals surface area contributed by atoms with E-state index >= 15 is 0 Å². The number of aryl methyl sites for hydroxylation is 1.